The van der Waals surface area contributed by atoms with E-state index in [4.69, 9.17) is 9.47 Å². The third-order valence-electron chi connectivity index (χ3n) is 5.33. The Morgan fingerprint density at radius 2 is 1.30 bits per heavy atom. The summed E-state index contributed by atoms with van der Waals surface area (Å²) in [5.74, 6) is 2.19. The maximum absolute atomic E-state index is 6.29. The number of rotatable bonds is 0. The molecule has 0 radical (unpaired) electrons. The molecule has 0 aromatic heterocycles. The van der Waals surface area contributed by atoms with Crippen LogP contribution in [0.5, 0.6) is 11.5 Å². The Morgan fingerprint density at radius 3 is 2.04 bits per heavy atom. The molecule has 4 aromatic carbocycles. The van der Waals surface area contributed by atoms with Crippen LogP contribution >= 0.6 is 0 Å². The molecule has 1 heterocycles. The quantitative estimate of drug-likeness (QED) is 0.365. The van der Waals surface area contributed by atoms with E-state index in [0.29, 0.717) is 19.1 Å². The van der Waals surface area contributed by atoms with Crippen molar-refractivity contribution in [3.63, 3.8) is 0 Å². The second-order valence-corrected chi connectivity index (χ2v) is 7.55. The highest BCUT2D eigenvalue weighted by Crippen LogP contribution is 2.46. The van der Waals surface area contributed by atoms with Crippen molar-refractivity contribution in [1.82, 2.24) is 0 Å². The largest absolute Gasteiger partial charge is 0.493 e. The summed E-state index contributed by atoms with van der Waals surface area (Å²) in [6, 6.07) is 23.6. The van der Waals surface area contributed by atoms with Gasteiger partial charge in [-0.05, 0) is 40.6 Å². The van der Waals surface area contributed by atoms with Gasteiger partial charge in [0, 0.05) is 17.0 Å². The Labute approximate surface area is 159 Å². The molecule has 0 N–H and O–H groups in total. The zero-order chi connectivity index (χ0) is 18.4. The minimum atomic E-state index is 0.323. The van der Waals surface area contributed by atoms with Crippen LogP contribution in [0.15, 0.2) is 66.7 Å². The molecule has 2 heteroatoms. The second kappa shape index (κ2) is 6.31. The van der Waals surface area contributed by atoms with Gasteiger partial charge in [-0.1, -0.05) is 67.1 Å². The van der Waals surface area contributed by atoms with Crippen molar-refractivity contribution in [1.29, 1.82) is 0 Å². The summed E-state index contributed by atoms with van der Waals surface area (Å²) in [6.07, 6.45) is 0. The van der Waals surface area contributed by atoms with Crippen molar-refractivity contribution in [3.8, 4) is 22.6 Å². The van der Waals surface area contributed by atoms with E-state index in [1.165, 1.54) is 27.1 Å². The first kappa shape index (κ1) is 16.2. The van der Waals surface area contributed by atoms with Gasteiger partial charge in [-0.15, -0.1) is 0 Å². The fourth-order valence-corrected chi connectivity index (χ4v) is 3.93. The fraction of sp³-hybridized carbons (Fsp3) is 0.200. The first-order valence-corrected chi connectivity index (χ1v) is 9.52. The van der Waals surface area contributed by atoms with Gasteiger partial charge in [-0.25, -0.2) is 0 Å². The summed E-state index contributed by atoms with van der Waals surface area (Å²) < 4.78 is 12.6. The maximum Gasteiger partial charge on any atom is 0.127 e. The number of ether oxygens (including phenoxy) is 2. The van der Waals surface area contributed by atoms with Crippen LogP contribution < -0.4 is 9.47 Å². The lowest BCUT2D eigenvalue weighted by molar-refractivity contribution is 0.192. The molecule has 0 saturated heterocycles. The molecule has 1 unspecified atom stereocenters. The number of hydrogen-bond donors (Lipinski definition) is 0. The lowest BCUT2D eigenvalue weighted by Crippen LogP contribution is -2.15. The van der Waals surface area contributed by atoms with Crippen molar-refractivity contribution in [2.75, 3.05) is 13.2 Å². The first-order chi connectivity index (χ1) is 13.2. The van der Waals surface area contributed by atoms with E-state index in [1.54, 1.807) is 0 Å². The van der Waals surface area contributed by atoms with E-state index < -0.39 is 0 Å². The van der Waals surface area contributed by atoms with Gasteiger partial charge < -0.3 is 9.47 Å². The molecule has 4 aromatic rings. The molecular formula is C25H22O2. The standard InChI is InChI=1S/C25H22O2/c1-16-7-8-19-10-12-23-25(21(19)13-16)24-20-6-4-3-5-18(20)9-11-22(24)26-14-17(2)15-27-23/h3-13,17H,14-15H2,1-2H3. The molecule has 0 saturated carbocycles. The second-order valence-electron chi connectivity index (χ2n) is 7.55. The van der Waals surface area contributed by atoms with Gasteiger partial charge in [-0.2, -0.15) is 0 Å². The van der Waals surface area contributed by atoms with Crippen molar-refractivity contribution >= 4 is 21.5 Å². The van der Waals surface area contributed by atoms with Crippen LogP contribution in [0.1, 0.15) is 12.5 Å². The average molecular weight is 354 g/mol. The van der Waals surface area contributed by atoms with Crippen molar-refractivity contribution in [3.05, 3.63) is 72.3 Å². The van der Waals surface area contributed by atoms with Gasteiger partial charge in [0.1, 0.15) is 11.5 Å². The Hall–Kier alpha value is -3.00. The predicted molar refractivity (Wildman–Crippen MR) is 112 cm³/mol. The van der Waals surface area contributed by atoms with Crippen LogP contribution in [0.3, 0.4) is 0 Å². The molecule has 0 bridgehead atoms. The molecule has 0 fully saturated rings. The third kappa shape index (κ3) is 2.73. The SMILES string of the molecule is Cc1ccc2ccc3c(c2c1)-c1c(ccc2ccccc12)OCC(C)CO3. The van der Waals surface area contributed by atoms with Crippen LogP contribution in [0.2, 0.25) is 0 Å². The molecule has 1 atom stereocenters. The maximum atomic E-state index is 6.29. The molecule has 0 amide bonds. The average Bonchev–Trinajstić information content (AvgIpc) is 2.76. The predicted octanol–water partition coefficient (Wildman–Crippen LogP) is 6.38. The van der Waals surface area contributed by atoms with Crippen molar-refractivity contribution in [2.45, 2.75) is 13.8 Å². The van der Waals surface area contributed by atoms with E-state index >= 15 is 0 Å². The molecule has 1 aliphatic heterocycles. The first-order valence-electron chi connectivity index (χ1n) is 9.52. The zero-order valence-corrected chi connectivity index (χ0v) is 15.7. The minimum Gasteiger partial charge on any atom is -0.493 e. The highest BCUT2D eigenvalue weighted by atomic mass is 16.5. The Morgan fingerprint density at radius 1 is 0.704 bits per heavy atom. The van der Waals surface area contributed by atoms with Gasteiger partial charge in [0.2, 0.25) is 0 Å². The molecule has 5 rings (SSSR count). The van der Waals surface area contributed by atoms with Crippen LogP contribution in [0.25, 0.3) is 32.7 Å². The van der Waals surface area contributed by atoms with E-state index in [2.05, 4.69) is 80.6 Å². The van der Waals surface area contributed by atoms with Gasteiger partial charge in [0.25, 0.3) is 0 Å². The molecule has 2 nitrogen and oxygen atoms in total. The molecule has 1 aliphatic rings. The summed E-state index contributed by atoms with van der Waals surface area (Å²) in [6.45, 7) is 5.60. The van der Waals surface area contributed by atoms with Crippen LogP contribution in [0, 0.1) is 12.8 Å². The van der Waals surface area contributed by atoms with Crippen molar-refractivity contribution < 1.29 is 9.47 Å². The van der Waals surface area contributed by atoms with E-state index in [-0.39, 0.29) is 0 Å². The van der Waals surface area contributed by atoms with Crippen LogP contribution in [-0.2, 0) is 0 Å². The summed E-state index contributed by atoms with van der Waals surface area (Å²) in [7, 11) is 0. The lowest BCUT2D eigenvalue weighted by atomic mass is 9.91. The Bertz CT molecular complexity index is 1160. The van der Waals surface area contributed by atoms with Gasteiger partial charge in [-0.3, -0.25) is 0 Å². The summed E-state index contributed by atoms with van der Waals surface area (Å²) >= 11 is 0. The zero-order valence-electron chi connectivity index (χ0n) is 15.7. The molecule has 0 aliphatic carbocycles. The number of aryl methyl sites for hydroxylation is 1. The fourth-order valence-electron chi connectivity index (χ4n) is 3.93. The Balaban J connectivity index is 1.95. The van der Waals surface area contributed by atoms with Crippen LogP contribution in [0.4, 0.5) is 0 Å². The molecule has 134 valence electrons. The van der Waals surface area contributed by atoms with Gasteiger partial charge in [0.05, 0.1) is 13.2 Å². The molecule has 27 heavy (non-hydrogen) atoms. The van der Waals surface area contributed by atoms with Crippen LogP contribution in [-0.4, -0.2) is 13.2 Å². The van der Waals surface area contributed by atoms with Crippen molar-refractivity contribution in [2.24, 2.45) is 5.92 Å². The highest BCUT2D eigenvalue weighted by molar-refractivity contribution is 6.09. The summed E-state index contributed by atoms with van der Waals surface area (Å²) in [5, 5.41) is 4.84. The number of fused-ring (bicyclic) bond motifs is 7. The number of hydrogen-bond acceptors (Lipinski definition) is 2. The lowest BCUT2D eigenvalue weighted by Gasteiger charge is -2.17. The van der Waals surface area contributed by atoms with Gasteiger partial charge >= 0.3 is 0 Å². The normalized spacial score (nSPS) is 16.4. The molecule has 0 spiro atoms. The Kier molecular flexibility index (Phi) is 3.78. The smallest absolute Gasteiger partial charge is 0.127 e. The number of benzene rings is 4. The van der Waals surface area contributed by atoms with E-state index in [1.807, 2.05) is 0 Å². The third-order valence-corrected chi connectivity index (χ3v) is 5.33. The summed E-state index contributed by atoms with van der Waals surface area (Å²) in [5.41, 5.74) is 3.51. The summed E-state index contributed by atoms with van der Waals surface area (Å²) in [4.78, 5) is 0. The monoisotopic (exact) mass is 354 g/mol. The highest BCUT2D eigenvalue weighted by Gasteiger charge is 2.21. The van der Waals surface area contributed by atoms with Gasteiger partial charge in [0.15, 0.2) is 0 Å². The van der Waals surface area contributed by atoms with E-state index in [9.17, 15) is 0 Å². The van der Waals surface area contributed by atoms with E-state index in [0.717, 1.165) is 22.6 Å². The minimum absolute atomic E-state index is 0.323. The molecular weight excluding hydrogens is 332 g/mol. The topological polar surface area (TPSA) is 18.5 Å².